The Morgan fingerprint density at radius 1 is 0.396 bits per heavy atom. The molecule has 5 nitrogen and oxygen atoms in total. The summed E-state index contributed by atoms with van der Waals surface area (Å²) in [4.78, 5) is 12.3. The van der Waals surface area contributed by atoms with Crippen molar-refractivity contribution in [2.24, 2.45) is 0 Å². The number of aromatic nitrogens is 5. The largest absolute Gasteiger partial charge is 0.341 e. The molecule has 5 heteroatoms. The van der Waals surface area contributed by atoms with E-state index in [1.807, 2.05) is 76.2 Å². The van der Waals surface area contributed by atoms with Crippen molar-refractivity contribution in [3.05, 3.63) is 115 Å². The molecule has 0 unspecified atom stereocenters. The number of hydrogen-bond acceptors (Lipinski definition) is 3. The molecule has 258 valence electrons. The van der Waals surface area contributed by atoms with Gasteiger partial charge in [-0.05, 0) is 52.0 Å². The molecule has 0 aliphatic carbocycles. The molecule has 0 atom stereocenters. The van der Waals surface area contributed by atoms with Gasteiger partial charge >= 0.3 is 0 Å². The molecule has 0 spiro atoms. The second-order valence-electron chi connectivity index (χ2n) is 9.76. The van der Waals surface area contributed by atoms with Gasteiger partial charge < -0.3 is 9.13 Å². The zero-order chi connectivity index (χ0) is 36.1. The predicted octanol–water partition coefficient (Wildman–Crippen LogP) is 12.8. The number of hydrogen-bond donors (Lipinski definition) is 0. The topological polar surface area (TPSA) is 48.5 Å². The molecule has 48 heavy (non-hydrogen) atoms. The Kier molecular flexibility index (Phi) is 19.8. The maximum absolute atomic E-state index is 4.13. The first-order chi connectivity index (χ1) is 23.5. The third kappa shape index (κ3) is 10.2. The van der Waals surface area contributed by atoms with E-state index in [1.54, 1.807) is 0 Å². The van der Waals surface area contributed by atoms with Crippen LogP contribution >= 0.6 is 0 Å². The van der Waals surface area contributed by atoms with Crippen LogP contribution in [0, 0.1) is 13.8 Å². The lowest BCUT2D eigenvalue weighted by atomic mass is 10.2. The number of nitrogens with zero attached hydrogens (tertiary/aromatic N) is 5. The maximum Gasteiger partial charge on any atom is 0.132 e. The highest BCUT2D eigenvalue weighted by Crippen LogP contribution is 2.29. The molecule has 7 rings (SSSR count). The Bertz CT molecular complexity index is 1650. The molecule has 0 saturated carbocycles. The molecule has 4 aromatic carbocycles. The lowest BCUT2D eigenvalue weighted by Gasteiger charge is -2.01. The summed E-state index contributed by atoms with van der Waals surface area (Å²) in [5, 5.41) is 5.43. The van der Waals surface area contributed by atoms with Crippen molar-refractivity contribution in [2.75, 3.05) is 0 Å². The van der Waals surface area contributed by atoms with Gasteiger partial charge in [0.15, 0.2) is 0 Å². The van der Waals surface area contributed by atoms with Crippen LogP contribution in [0.5, 0.6) is 0 Å². The number of benzene rings is 4. The molecule has 0 fully saturated rings. The van der Waals surface area contributed by atoms with Crippen LogP contribution in [0.1, 0.15) is 93.6 Å². The van der Waals surface area contributed by atoms with Crippen LogP contribution in [-0.4, -0.2) is 24.1 Å². The molecule has 0 aliphatic rings. The first-order valence-electron chi connectivity index (χ1n) is 18.2. The smallest absolute Gasteiger partial charge is 0.132 e. The minimum Gasteiger partial charge on any atom is -0.341 e. The zero-order valence-corrected chi connectivity index (χ0v) is 32.1. The van der Waals surface area contributed by atoms with E-state index in [0.717, 1.165) is 37.0 Å². The quantitative estimate of drug-likeness (QED) is 0.192. The molecule has 7 aromatic rings. The van der Waals surface area contributed by atoms with Gasteiger partial charge in [0, 0.05) is 63.1 Å². The van der Waals surface area contributed by atoms with Crippen molar-refractivity contribution in [3.8, 4) is 0 Å². The Balaban J connectivity index is 0.000000331. The summed E-state index contributed by atoms with van der Waals surface area (Å²) in [5.41, 5.74) is 5.34. The molecule has 0 aliphatic heterocycles. The Labute approximate surface area is 291 Å². The zero-order valence-electron chi connectivity index (χ0n) is 32.1. The van der Waals surface area contributed by atoms with Crippen LogP contribution in [0.25, 0.3) is 43.6 Å². The van der Waals surface area contributed by atoms with Gasteiger partial charge in [-0.2, -0.15) is 0 Å². The summed E-state index contributed by atoms with van der Waals surface area (Å²) in [6, 6.07) is 34.4. The van der Waals surface area contributed by atoms with E-state index in [1.165, 1.54) is 43.6 Å². The Morgan fingerprint density at radius 2 is 0.646 bits per heavy atom. The summed E-state index contributed by atoms with van der Waals surface area (Å²) >= 11 is 0. The van der Waals surface area contributed by atoms with Gasteiger partial charge in [-0.25, -0.2) is 15.0 Å². The summed E-state index contributed by atoms with van der Waals surface area (Å²) < 4.78 is 4.73. The van der Waals surface area contributed by atoms with Crippen LogP contribution in [0.15, 0.2) is 97.1 Å². The molecule has 0 N–H and O–H groups in total. The fourth-order valence-corrected chi connectivity index (χ4v) is 5.53. The second kappa shape index (κ2) is 22.9. The van der Waals surface area contributed by atoms with Crippen molar-refractivity contribution in [1.29, 1.82) is 0 Å². The van der Waals surface area contributed by atoms with E-state index >= 15 is 0 Å². The van der Waals surface area contributed by atoms with E-state index in [0.29, 0.717) is 0 Å². The summed E-state index contributed by atoms with van der Waals surface area (Å²) in [6.45, 7) is 28.2. The van der Waals surface area contributed by atoms with Crippen molar-refractivity contribution in [2.45, 2.75) is 110 Å². The van der Waals surface area contributed by atoms with Gasteiger partial charge in [0.1, 0.15) is 17.5 Å². The molecule has 0 saturated heterocycles. The first kappa shape index (κ1) is 41.5. The normalized spacial score (nSPS) is 9.60. The Morgan fingerprint density at radius 3 is 0.875 bits per heavy atom. The summed E-state index contributed by atoms with van der Waals surface area (Å²) in [5.74, 6) is 2.50. The van der Waals surface area contributed by atoms with Crippen molar-refractivity contribution in [3.63, 3.8) is 0 Å². The highest BCUT2D eigenvalue weighted by molar-refractivity contribution is 6.08. The van der Waals surface area contributed by atoms with Gasteiger partial charge in [0.25, 0.3) is 0 Å². The van der Waals surface area contributed by atoms with E-state index in [9.17, 15) is 0 Å². The van der Waals surface area contributed by atoms with Crippen LogP contribution < -0.4 is 0 Å². The molecule has 0 bridgehead atoms. The van der Waals surface area contributed by atoms with Gasteiger partial charge in [-0.15, -0.1) is 0 Å². The lowest BCUT2D eigenvalue weighted by Crippen LogP contribution is -2.00. The molecule has 0 radical (unpaired) electrons. The number of fused-ring (bicyclic) bond motifs is 6. The molecular weight excluding hydrogens is 587 g/mol. The monoisotopic (exact) mass is 647 g/mol. The van der Waals surface area contributed by atoms with Crippen molar-refractivity contribution in [1.82, 2.24) is 24.1 Å². The number of rotatable bonds is 3. The van der Waals surface area contributed by atoms with Crippen LogP contribution in [-0.2, 0) is 19.5 Å². The van der Waals surface area contributed by atoms with Crippen LogP contribution in [0.2, 0.25) is 0 Å². The average Bonchev–Trinajstić information content (AvgIpc) is 3.67. The van der Waals surface area contributed by atoms with E-state index in [4.69, 9.17) is 0 Å². The van der Waals surface area contributed by atoms with E-state index in [2.05, 4.69) is 135 Å². The lowest BCUT2D eigenvalue weighted by molar-refractivity contribution is 0.827. The molecular formula is C43H61N5. The first-order valence-corrected chi connectivity index (χ1v) is 18.2. The van der Waals surface area contributed by atoms with E-state index in [-0.39, 0.29) is 0 Å². The van der Waals surface area contributed by atoms with Gasteiger partial charge in [0.2, 0.25) is 0 Å². The highest BCUT2D eigenvalue weighted by Gasteiger charge is 2.08. The van der Waals surface area contributed by atoms with Gasteiger partial charge in [-0.3, -0.25) is 0 Å². The number of aryl methyl sites for hydroxylation is 5. The van der Waals surface area contributed by atoms with Crippen molar-refractivity contribution < 1.29 is 0 Å². The molecule has 3 aromatic heterocycles. The average molecular weight is 648 g/mol. The minimum absolute atomic E-state index is 0.810. The third-order valence-corrected chi connectivity index (χ3v) is 7.21. The predicted molar refractivity (Wildman–Crippen MR) is 214 cm³/mol. The van der Waals surface area contributed by atoms with Gasteiger partial charge in [0.05, 0.1) is 0 Å². The fraction of sp³-hybridized carbons (Fsp3) is 0.372. The SMILES string of the molecule is CC.CC.CC.CC.CCc1nc(C)nc(C)n1.CCn1c2ccccc2c2ccccc21.CCn1c2ccccc2c2ccccc21. The van der Waals surface area contributed by atoms with Crippen LogP contribution in [0.3, 0.4) is 0 Å². The number of para-hydroxylation sites is 4. The molecule has 3 heterocycles. The Hall–Kier alpha value is -4.51. The minimum atomic E-state index is 0.810. The molecule has 0 amide bonds. The standard InChI is InChI=1S/2C14H13N.C7H11N3.4C2H6/c2*1-2-15-13-9-5-3-7-11(13)12-8-4-6-10-14(12)15;1-4-7-9-5(2)8-6(3)10-7;4*1-2/h2*3-10H,2H2,1H3;4H2,1-3H3;4*1-2H3. The highest BCUT2D eigenvalue weighted by atomic mass is 15.0. The summed E-state index contributed by atoms with van der Waals surface area (Å²) in [7, 11) is 0. The van der Waals surface area contributed by atoms with E-state index < -0.39 is 0 Å². The van der Waals surface area contributed by atoms with Crippen LogP contribution in [0.4, 0.5) is 0 Å². The van der Waals surface area contributed by atoms with Crippen molar-refractivity contribution >= 4 is 43.6 Å². The fourth-order valence-electron chi connectivity index (χ4n) is 5.53. The van der Waals surface area contributed by atoms with Gasteiger partial charge in [-0.1, -0.05) is 135 Å². The third-order valence-electron chi connectivity index (χ3n) is 7.21. The summed E-state index contributed by atoms with van der Waals surface area (Å²) in [6.07, 6.45) is 0.879. The maximum atomic E-state index is 4.13. The second-order valence-corrected chi connectivity index (χ2v) is 9.76.